The van der Waals surface area contributed by atoms with E-state index in [1.165, 1.54) is 12.8 Å². The van der Waals surface area contributed by atoms with Crippen LogP contribution in [0.25, 0.3) is 0 Å². The minimum atomic E-state index is -3.36. The summed E-state index contributed by atoms with van der Waals surface area (Å²) in [7, 11) is -3.36. The number of rotatable bonds is 7. The molecule has 3 rings (SSSR count). The predicted octanol–water partition coefficient (Wildman–Crippen LogP) is -0.141. The van der Waals surface area contributed by atoms with Gasteiger partial charge in [0.1, 0.15) is 0 Å². The first-order valence-electron chi connectivity index (χ1n) is 8.19. The molecule has 2 atom stereocenters. The summed E-state index contributed by atoms with van der Waals surface area (Å²) in [5.41, 5.74) is 0.861. The molecule has 0 aromatic carbocycles. The normalized spacial score (nSPS) is 25.1. The zero-order chi connectivity index (χ0) is 17.3. The molecule has 0 unspecified atom stereocenters. The Balaban J connectivity index is 1.56. The number of sulfonamides is 1. The molecule has 1 aromatic heterocycles. The van der Waals surface area contributed by atoms with Crippen LogP contribution in [0.2, 0.25) is 0 Å². The van der Waals surface area contributed by atoms with Crippen molar-refractivity contribution in [2.75, 3.05) is 25.9 Å². The zero-order valence-electron chi connectivity index (χ0n) is 14.0. The highest BCUT2D eigenvalue weighted by atomic mass is 32.2. The molecule has 1 aromatic rings. The molecule has 1 amide bonds. The lowest BCUT2D eigenvalue weighted by atomic mass is 9.98. The fourth-order valence-electron chi connectivity index (χ4n) is 3.36. The maximum Gasteiger partial charge on any atom is 0.235 e. The first-order chi connectivity index (χ1) is 11.3. The van der Waals surface area contributed by atoms with Crippen molar-refractivity contribution < 1.29 is 17.7 Å². The van der Waals surface area contributed by atoms with E-state index >= 15 is 0 Å². The first kappa shape index (κ1) is 17.4. The number of amides is 1. The Morgan fingerprint density at radius 3 is 2.75 bits per heavy atom. The highest BCUT2D eigenvalue weighted by Crippen LogP contribution is 2.41. The number of hydrogen-bond donors (Lipinski definition) is 2. The second-order valence-corrected chi connectivity index (χ2v) is 8.73. The van der Waals surface area contributed by atoms with Crippen molar-refractivity contribution in [3.8, 4) is 0 Å². The van der Waals surface area contributed by atoms with Gasteiger partial charge in [-0.15, -0.1) is 0 Å². The lowest BCUT2D eigenvalue weighted by molar-refractivity contribution is -0.120. The molecular formula is C15H24N4O4S. The lowest BCUT2D eigenvalue weighted by Crippen LogP contribution is -2.45. The molecule has 0 radical (unpaired) electrons. The molecule has 134 valence electrons. The van der Waals surface area contributed by atoms with Gasteiger partial charge in [0, 0.05) is 25.2 Å². The molecule has 0 bridgehead atoms. The summed E-state index contributed by atoms with van der Waals surface area (Å²) in [6.45, 7) is 4.01. The van der Waals surface area contributed by atoms with Crippen LogP contribution < -0.4 is 10.0 Å². The number of aryl methyl sites for hydroxylation is 1. The van der Waals surface area contributed by atoms with Crippen molar-refractivity contribution in [3.05, 3.63) is 17.5 Å². The fourth-order valence-corrected chi connectivity index (χ4v) is 3.76. The molecule has 24 heavy (non-hydrogen) atoms. The minimum Gasteiger partial charge on any atom is -0.360 e. The second kappa shape index (κ2) is 6.81. The van der Waals surface area contributed by atoms with E-state index in [0.717, 1.165) is 30.8 Å². The van der Waals surface area contributed by atoms with E-state index in [1.54, 1.807) is 0 Å². The van der Waals surface area contributed by atoms with E-state index in [4.69, 9.17) is 4.52 Å². The zero-order valence-corrected chi connectivity index (χ0v) is 14.8. The molecular weight excluding hydrogens is 332 g/mol. The molecule has 1 aliphatic heterocycles. The summed E-state index contributed by atoms with van der Waals surface area (Å²) in [6, 6.07) is 1.98. The van der Waals surface area contributed by atoms with Crippen molar-refractivity contribution >= 4 is 15.9 Å². The van der Waals surface area contributed by atoms with Crippen molar-refractivity contribution in [1.82, 2.24) is 20.1 Å². The SMILES string of the molecule is Cc1cc(CN2C[C@H](NC(=O)CNS(C)(=O)=O)[C@@H](C3CC3)C2)on1. The van der Waals surface area contributed by atoms with E-state index in [-0.39, 0.29) is 18.5 Å². The van der Waals surface area contributed by atoms with Crippen molar-refractivity contribution in [1.29, 1.82) is 0 Å². The summed E-state index contributed by atoms with van der Waals surface area (Å²) in [5, 5.41) is 6.89. The molecule has 1 aliphatic carbocycles. The minimum absolute atomic E-state index is 0.0513. The molecule has 2 fully saturated rings. The second-order valence-electron chi connectivity index (χ2n) is 6.90. The van der Waals surface area contributed by atoms with Crippen LogP contribution in [-0.2, 0) is 21.4 Å². The fraction of sp³-hybridized carbons (Fsp3) is 0.733. The Kier molecular flexibility index (Phi) is 4.93. The summed E-state index contributed by atoms with van der Waals surface area (Å²) in [4.78, 5) is 14.3. The van der Waals surface area contributed by atoms with E-state index in [0.29, 0.717) is 18.4 Å². The van der Waals surface area contributed by atoms with Gasteiger partial charge in [0.15, 0.2) is 5.76 Å². The number of nitrogens with zero attached hydrogens (tertiary/aromatic N) is 2. The van der Waals surface area contributed by atoms with Gasteiger partial charge in [-0.3, -0.25) is 9.69 Å². The van der Waals surface area contributed by atoms with Crippen LogP contribution in [0.3, 0.4) is 0 Å². The van der Waals surface area contributed by atoms with Crippen LogP contribution in [-0.4, -0.2) is 56.3 Å². The Morgan fingerprint density at radius 1 is 1.42 bits per heavy atom. The van der Waals surface area contributed by atoms with E-state index in [1.807, 2.05) is 13.0 Å². The van der Waals surface area contributed by atoms with E-state index in [2.05, 4.69) is 20.1 Å². The number of carbonyl (C=O) groups is 1. The molecule has 1 saturated heterocycles. The summed E-state index contributed by atoms with van der Waals surface area (Å²) < 4.78 is 29.7. The summed E-state index contributed by atoms with van der Waals surface area (Å²) in [5.74, 6) is 1.61. The third-order valence-corrected chi connectivity index (χ3v) is 5.23. The smallest absolute Gasteiger partial charge is 0.235 e. The van der Waals surface area contributed by atoms with Gasteiger partial charge in [-0.05, 0) is 31.6 Å². The van der Waals surface area contributed by atoms with Gasteiger partial charge < -0.3 is 9.84 Å². The van der Waals surface area contributed by atoms with E-state index in [9.17, 15) is 13.2 Å². The Bertz CT molecular complexity index is 698. The number of aromatic nitrogens is 1. The van der Waals surface area contributed by atoms with Crippen LogP contribution in [0, 0.1) is 18.8 Å². The van der Waals surface area contributed by atoms with Crippen molar-refractivity contribution in [2.45, 2.75) is 32.4 Å². The van der Waals surface area contributed by atoms with Crippen LogP contribution in [0.1, 0.15) is 24.3 Å². The van der Waals surface area contributed by atoms with Crippen LogP contribution in [0.4, 0.5) is 0 Å². The van der Waals surface area contributed by atoms with Gasteiger partial charge in [0.25, 0.3) is 0 Å². The van der Waals surface area contributed by atoms with Gasteiger partial charge in [0.05, 0.1) is 25.0 Å². The first-order valence-corrected chi connectivity index (χ1v) is 10.1. The van der Waals surface area contributed by atoms with Crippen LogP contribution >= 0.6 is 0 Å². The maximum absolute atomic E-state index is 12.0. The Labute approximate surface area is 142 Å². The van der Waals surface area contributed by atoms with Crippen LogP contribution in [0.15, 0.2) is 10.6 Å². The summed E-state index contributed by atoms with van der Waals surface area (Å²) in [6.07, 6.45) is 3.45. The number of hydrogen-bond acceptors (Lipinski definition) is 6. The quantitative estimate of drug-likeness (QED) is 0.705. The number of nitrogens with one attached hydrogen (secondary N) is 2. The third kappa shape index (κ3) is 4.78. The molecule has 8 nitrogen and oxygen atoms in total. The van der Waals surface area contributed by atoms with Gasteiger partial charge in [-0.2, -0.15) is 0 Å². The highest BCUT2D eigenvalue weighted by molar-refractivity contribution is 7.88. The van der Waals surface area contributed by atoms with Crippen molar-refractivity contribution in [2.24, 2.45) is 11.8 Å². The number of likely N-dealkylation sites (tertiary alicyclic amines) is 1. The largest absolute Gasteiger partial charge is 0.360 e. The molecule has 0 spiro atoms. The maximum atomic E-state index is 12.0. The molecule has 1 saturated carbocycles. The number of carbonyl (C=O) groups excluding carboxylic acids is 1. The van der Waals surface area contributed by atoms with Gasteiger partial charge >= 0.3 is 0 Å². The molecule has 9 heteroatoms. The lowest BCUT2D eigenvalue weighted by Gasteiger charge is -2.19. The average Bonchev–Trinajstić information content (AvgIpc) is 3.14. The molecule has 2 N–H and O–H groups in total. The van der Waals surface area contributed by atoms with Gasteiger partial charge in [0.2, 0.25) is 15.9 Å². The molecule has 2 aliphatic rings. The summed E-state index contributed by atoms with van der Waals surface area (Å²) >= 11 is 0. The Hall–Kier alpha value is -1.45. The molecule has 2 heterocycles. The van der Waals surface area contributed by atoms with Crippen LogP contribution in [0.5, 0.6) is 0 Å². The Morgan fingerprint density at radius 2 is 2.17 bits per heavy atom. The van der Waals surface area contributed by atoms with Crippen molar-refractivity contribution in [3.63, 3.8) is 0 Å². The topological polar surface area (TPSA) is 105 Å². The van der Waals surface area contributed by atoms with E-state index < -0.39 is 10.0 Å². The standard InChI is InChI=1S/C15H24N4O4S/c1-10-5-12(23-18-10)7-19-8-13(11-3-4-11)14(9-19)17-15(20)6-16-24(2,21)22/h5,11,13-14,16H,3-4,6-9H2,1-2H3,(H,17,20)/t13-,14+/m1/s1. The van der Waals surface area contributed by atoms with Gasteiger partial charge in [-0.25, -0.2) is 13.1 Å². The van der Waals surface area contributed by atoms with Gasteiger partial charge in [-0.1, -0.05) is 5.16 Å². The third-order valence-electron chi connectivity index (χ3n) is 4.57. The monoisotopic (exact) mass is 356 g/mol. The predicted molar refractivity (Wildman–Crippen MR) is 87.5 cm³/mol. The highest BCUT2D eigenvalue weighted by Gasteiger charge is 2.43. The average molecular weight is 356 g/mol.